The largest absolute Gasteiger partial charge is 0.295 e. The van der Waals surface area contributed by atoms with Crippen LogP contribution in [0, 0.1) is 10.4 Å². The summed E-state index contributed by atoms with van der Waals surface area (Å²) in [6.07, 6.45) is 4.49. The Morgan fingerprint density at radius 3 is 2.62 bits per heavy atom. The summed E-state index contributed by atoms with van der Waals surface area (Å²) >= 11 is 3.51. The summed E-state index contributed by atoms with van der Waals surface area (Å²) in [4.78, 5) is 24.1. The van der Waals surface area contributed by atoms with Gasteiger partial charge in [-0.1, -0.05) is 40.2 Å². The molecule has 4 rings (SSSR count). The smallest absolute Gasteiger partial charge is 0.187 e. The van der Waals surface area contributed by atoms with Crippen LogP contribution >= 0.6 is 15.9 Å². The fourth-order valence-corrected chi connectivity index (χ4v) is 3.67. The number of Topliss-reactive ketones (excluding diaryl/α,β-unsaturated/α-hetero) is 2. The molecule has 2 nitrogen and oxygen atoms in total. The molecular weight excluding hydrogens is 328 g/mol. The van der Waals surface area contributed by atoms with E-state index in [9.17, 15) is 9.59 Å². The van der Waals surface area contributed by atoms with Crippen molar-refractivity contribution >= 4 is 39.6 Å². The third-order valence-corrected chi connectivity index (χ3v) is 4.84. The highest BCUT2D eigenvalue weighted by Gasteiger charge is 2.19. The summed E-state index contributed by atoms with van der Waals surface area (Å²) < 4.78 is 0.929. The molecule has 0 heterocycles. The first-order valence-corrected chi connectivity index (χ1v) is 7.66. The number of ketones is 2. The van der Waals surface area contributed by atoms with Gasteiger partial charge in [-0.05, 0) is 45.9 Å². The first kappa shape index (κ1) is 12.7. The van der Waals surface area contributed by atoms with E-state index in [0.29, 0.717) is 12.8 Å². The fourth-order valence-electron chi connectivity index (χ4n) is 3.19. The molecule has 2 aromatic rings. The summed E-state index contributed by atoms with van der Waals surface area (Å²) in [7, 11) is 0. The number of carbonyl (C=O) groups is 2. The third kappa shape index (κ3) is 1.84. The molecule has 3 heteroatoms. The van der Waals surface area contributed by atoms with Gasteiger partial charge >= 0.3 is 0 Å². The quantitative estimate of drug-likeness (QED) is 0.736. The van der Waals surface area contributed by atoms with Crippen molar-refractivity contribution < 1.29 is 9.59 Å². The maximum Gasteiger partial charge on any atom is 0.187 e. The molecular formula is C18H11BrO2. The molecule has 0 bridgehead atoms. The van der Waals surface area contributed by atoms with Gasteiger partial charge in [-0.2, -0.15) is 0 Å². The zero-order valence-corrected chi connectivity index (χ0v) is 12.7. The second kappa shape index (κ2) is 4.50. The van der Waals surface area contributed by atoms with Crippen LogP contribution in [0.2, 0.25) is 0 Å². The number of benzene rings is 2. The first-order valence-electron chi connectivity index (χ1n) is 6.86. The minimum atomic E-state index is 0.0315. The molecule has 2 aromatic carbocycles. The number of halogens is 1. The SMILES string of the molecule is O=C1C=c2ccc3c(c2CC1)C(=O)C=c1c(Br)cccc1=3. The Balaban J connectivity index is 2.28. The van der Waals surface area contributed by atoms with Crippen LogP contribution in [0.4, 0.5) is 0 Å². The van der Waals surface area contributed by atoms with Gasteiger partial charge in [0.25, 0.3) is 0 Å². The van der Waals surface area contributed by atoms with Gasteiger partial charge < -0.3 is 0 Å². The average molecular weight is 339 g/mol. The van der Waals surface area contributed by atoms with Crippen molar-refractivity contribution in [1.29, 1.82) is 0 Å². The topological polar surface area (TPSA) is 34.1 Å². The van der Waals surface area contributed by atoms with E-state index in [4.69, 9.17) is 0 Å². The van der Waals surface area contributed by atoms with Gasteiger partial charge in [0.05, 0.1) is 0 Å². The molecule has 0 aromatic heterocycles. The highest BCUT2D eigenvalue weighted by Crippen LogP contribution is 2.18. The highest BCUT2D eigenvalue weighted by atomic mass is 79.9. The Hall–Kier alpha value is -2.00. The van der Waals surface area contributed by atoms with Gasteiger partial charge in [-0.15, -0.1) is 0 Å². The Kier molecular flexibility index (Phi) is 2.73. The molecule has 0 radical (unpaired) electrons. The maximum absolute atomic E-state index is 12.6. The van der Waals surface area contributed by atoms with Gasteiger partial charge in [-0.3, -0.25) is 9.59 Å². The number of fused-ring (bicyclic) bond motifs is 4. The van der Waals surface area contributed by atoms with Crippen molar-refractivity contribution in [3.63, 3.8) is 0 Å². The van der Waals surface area contributed by atoms with Crippen LogP contribution in [0.15, 0.2) is 34.8 Å². The van der Waals surface area contributed by atoms with Gasteiger partial charge in [-0.25, -0.2) is 0 Å². The lowest BCUT2D eigenvalue weighted by atomic mass is 9.88. The molecule has 0 saturated heterocycles. The Bertz CT molecular complexity index is 1030. The lowest BCUT2D eigenvalue weighted by Gasteiger charge is -2.15. The lowest BCUT2D eigenvalue weighted by molar-refractivity contribution is -0.113. The van der Waals surface area contributed by atoms with E-state index in [0.717, 1.165) is 36.5 Å². The molecule has 0 unspecified atom stereocenters. The van der Waals surface area contributed by atoms with Gasteiger partial charge in [0.1, 0.15) is 0 Å². The summed E-state index contributed by atoms with van der Waals surface area (Å²) in [6, 6.07) is 9.86. The normalized spacial score (nSPS) is 15.5. The van der Waals surface area contributed by atoms with E-state index >= 15 is 0 Å². The van der Waals surface area contributed by atoms with E-state index < -0.39 is 0 Å². The van der Waals surface area contributed by atoms with E-state index in [1.165, 1.54) is 0 Å². The van der Waals surface area contributed by atoms with Crippen LogP contribution in [0.5, 0.6) is 0 Å². The van der Waals surface area contributed by atoms with Crippen molar-refractivity contribution in [2.45, 2.75) is 12.8 Å². The van der Waals surface area contributed by atoms with Gasteiger partial charge in [0.15, 0.2) is 11.6 Å². The molecule has 2 aliphatic rings. The summed E-state index contributed by atoms with van der Waals surface area (Å²) in [5, 5.41) is 3.87. The van der Waals surface area contributed by atoms with Crippen molar-refractivity contribution in [1.82, 2.24) is 0 Å². The van der Waals surface area contributed by atoms with Crippen molar-refractivity contribution in [3.05, 3.63) is 66.8 Å². The molecule has 0 atom stereocenters. The van der Waals surface area contributed by atoms with Crippen molar-refractivity contribution in [2.75, 3.05) is 0 Å². The number of carbonyl (C=O) groups excluding carboxylic acids is 2. The molecule has 21 heavy (non-hydrogen) atoms. The van der Waals surface area contributed by atoms with Crippen LogP contribution in [0.1, 0.15) is 22.3 Å². The molecule has 102 valence electrons. The van der Waals surface area contributed by atoms with Crippen molar-refractivity contribution in [2.24, 2.45) is 0 Å². The van der Waals surface area contributed by atoms with E-state index in [1.54, 1.807) is 12.2 Å². The second-order valence-electron chi connectivity index (χ2n) is 5.38. The van der Waals surface area contributed by atoms with Crippen LogP contribution < -0.4 is 10.4 Å². The minimum Gasteiger partial charge on any atom is -0.295 e. The molecule has 0 aliphatic heterocycles. The minimum absolute atomic E-state index is 0.0315. The predicted molar refractivity (Wildman–Crippen MR) is 84.1 cm³/mol. The molecule has 0 fully saturated rings. The van der Waals surface area contributed by atoms with Crippen LogP contribution in [0.3, 0.4) is 0 Å². The Morgan fingerprint density at radius 1 is 0.905 bits per heavy atom. The van der Waals surface area contributed by atoms with Crippen LogP contribution in [-0.4, -0.2) is 11.6 Å². The van der Waals surface area contributed by atoms with E-state index in [-0.39, 0.29) is 11.6 Å². The van der Waals surface area contributed by atoms with E-state index in [2.05, 4.69) is 15.9 Å². The molecule has 0 N–H and O–H groups in total. The zero-order valence-electron chi connectivity index (χ0n) is 11.2. The second-order valence-corrected chi connectivity index (χ2v) is 6.23. The van der Waals surface area contributed by atoms with Crippen molar-refractivity contribution in [3.8, 4) is 0 Å². The monoisotopic (exact) mass is 338 g/mol. The number of rotatable bonds is 0. The molecule has 0 saturated carbocycles. The molecule has 0 spiro atoms. The fraction of sp³-hybridized carbons (Fsp3) is 0.111. The van der Waals surface area contributed by atoms with Gasteiger partial charge in [0, 0.05) is 21.7 Å². The molecule has 0 amide bonds. The summed E-state index contributed by atoms with van der Waals surface area (Å²) in [5.74, 6) is 0.168. The zero-order chi connectivity index (χ0) is 14.6. The van der Waals surface area contributed by atoms with Crippen LogP contribution in [-0.2, 0) is 11.2 Å². The average Bonchev–Trinajstić information content (AvgIpc) is 2.47. The standard InChI is InChI=1S/C18H11BrO2/c19-16-3-1-2-13-14-6-4-10-8-11(20)5-7-12(10)18(14)17(21)9-15(13)16/h1-4,6,8-9H,5,7H2. The highest BCUT2D eigenvalue weighted by molar-refractivity contribution is 9.10. The van der Waals surface area contributed by atoms with E-state index in [1.807, 2.05) is 30.3 Å². The van der Waals surface area contributed by atoms with Gasteiger partial charge in [0.2, 0.25) is 0 Å². The van der Waals surface area contributed by atoms with Crippen LogP contribution in [0.25, 0.3) is 12.2 Å². The Labute approximate surface area is 129 Å². The first-order chi connectivity index (χ1) is 10.1. The number of hydrogen-bond donors (Lipinski definition) is 0. The lowest BCUT2D eigenvalue weighted by Crippen LogP contribution is -2.25. The predicted octanol–water partition coefficient (Wildman–Crippen LogP) is 2.01. The third-order valence-electron chi connectivity index (χ3n) is 4.15. The Morgan fingerprint density at radius 2 is 1.76 bits per heavy atom. The summed E-state index contributed by atoms with van der Waals surface area (Å²) in [5.41, 5.74) is 1.78. The maximum atomic E-state index is 12.6. The summed E-state index contributed by atoms with van der Waals surface area (Å²) in [6.45, 7) is 0. The number of hydrogen-bond acceptors (Lipinski definition) is 2. The molecule has 2 aliphatic carbocycles.